The molecule has 1 heterocycles. The maximum atomic E-state index is 13.0. The SMILES string of the molecule is COc1cccc(/C=C2\Sc3ccc(C(=O)N[C@@H](C)c4ccccc4)cc3N(C)C2=O)c1. The van der Waals surface area contributed by atoms with Crippen LogP contribution in [0.5, 0.6) is 5.75 Å². The van der Waals surface area contributed by atoms with E-state index in [2.05, 4.69) is 5.32 Å². The molecule has 0 bridgehead atoms. The highest BCUT2D eigenvalue weighted by Gasteiger charge is 2.27. The summed E-state index contributed by atoms with van der Waals surface area (Å²) in [6.07, 6.45) is 1.86. The molecule has 6 heteroatoms. The van der Waals surface area contributed by atoms with Crippen LogP contribution in [0.1, 0.15) is 34.5 Å². The summed E-state index contributed by atoms with van der Waals surface area (Å²) in [5.41, 5.74) is 3.17. The van der Waals surface area contributed by atoms with E-state index < -0.39 is 0 Å². The molecule has 4 rings (SSSR count). The van der Waals surface area contributed by atoms with Crippen molar-refractivity contribution in [2.75, 3.05) is 19.1 Å². The van der Waals surface area contributed by atoms with Gasteiger partial charge in [0, 0.05) is 17.5 Å². The molecular formula is C26H24N2O3S. The predicted octanol–water partition coefficient (Wildman–Crippen LogP) is 5.30. The zero-order valence-electron chi connectivity index (χ0n) is 18.2. The molecule has 0 saturated carbocycles. The number of carbonyl (C=O) groups excluding carboxylic acids is 2. The minimum atomic E-state index is -0.173. The van der Waals surface area contributed by atoms with E-state index in [1.165, 1.54) is 11.8 Å². The van der Waals surface area contributed by atoms with Gasteiger partial charge in [0.2, 0.25) is 0 Å². The number of nitrogens with zero attached hydrogens (tertiary/aromatic N) is 1. The van der Waals surface area contributed by atoms with Crippen LogP contribution in [0.25, 0.3) is 6.08 Å². The van der Waals surface area contributed by atoms with Crippen molar-refractivity contribution in [3.8, 4) is 5.75 Å². The molecule has 1 atom stereocenters. The molecule has 32 heavy (non-hydrogen) atoms. The third-order valence-electron chi connectivity index (χ3n) is 5.36. The summed E-state index contributed by atoms with van der Waals surface area (Å²) in [4.78, 5) is 29.0. The van der Waals surface area contributed by atoms with Gasteiger partial charge in [0.25, 0.3) is 11.8 Å². The van der Waals surface area contributed by atoms with E-state index in [1.54, 1.807) is 31.2 Å². The van der Waals surface area contributed by atoms with Gasteiger partial charge in [-0.1, -0.05) is 54.2 Å². The molecule has 1 aliphatic heterocycles. The predicted molar refractivity (Wildman–Crippen MR) is 129 cm³/mol. The number of amides is 2. The van der Waals surface area contributed by atoms with E-state index in [4.69, 9.17) is 4.74 Å². The lowest BCUT2D eigenvalue weighted by Crippen LogP contribution is -2.31. The van der Waals surface area contributed by atoms with Crippen molar-refractivity contribution < 1.29 is 14.3 Å². The smallest absolute Gasteiger partial charge is 0.264 e. The third kappa shape index (κ3) is 4.55. The van der Waals surface area contributed by atoms with E-state index in [0.29, 0.717) is 10.5 Å². The first kappa shape index (κ1) is 21.7. The minimum absolute atomic E-state index is 0.111. The van der Waals surface area contributed by atoms with Gasteiger partial charge in [-0.2, -0.15) is 0 Å². The first-order chi connectivity index (χ1) is 15.5. The van der Waals surface area contributed by atoms with Crippen LogP contribution in [0, 0.1) is 0 Å². The highest BCUT2D eigenvalue weighted by atomic mass is 32.2. The topological polar surface area (TPSA) is 58.6 Å². The van der Waals surface area contributed by atoms with Crippen molar-refractivity contribution in [3.05, 3.63) is 94.4 Å². The van der Waals surface area contributed by atoms with Crippen molar-refractivity contribution in [3.63, 3.8) is 0 Å². The van der Waals surface area contributed by atoms with E-state index in [-0.39, 0.29) is 17.9 Å². The van der Waals surface area contributed by atoms with Crippen LogP contribution in [-0.4, -0.2) is 26.0 Å². The standard InChI is InChI=1S/C26H24N2O3S/c1-17(19-9-5-4-6-10-19)27-25(29)20-12-13-23-22(16-20)28(2)26(30)24(32-23)15-18-8-7-11-21(14-18)31-3/h4-17H,1-3H3,(H,27,29)/b24-15-/t17-/m0/s1. The second kappa shape index (κ2) is 9.32. The minimum Gasteiger partial charge on any atom is -0.497 e. The molecule has 1 aliphatic rings. The zero-order chi connectivity index (χ0) is 22.7. The summed E-state index contributed by atoms with van der Waals surface area (Å²) in [6, 6.07) is 22.7. The van der Waals surface area contributed by atoms with Crippen LogP contribution < -0.4 is 15.0 Å². The number of ether oxygens (including phenoxy) is 1. The number of benzene rings is 3. The number of thioether (sulfide) groups is 1. The van der Waals surface area contributed by atoms with Gasteiger partial charge < -0.3 is 15.0 Å². The molecule has 0 radical (unpaired) electrons. The van der Waals surface area contributed by atoms with E-state index in [9.17, 15) is 9.59 Å². The first-order valence-corrected chi connectivity index (χ1v) is 11.1. The highest BCUT2D eigenvalue weighted by Crippen LogP contribution is 2.42. The van der Waals surface area contributed by atoms with Crippen LogP contribution in [-0.2, 0) is 4.79 Å². The summed E-state index contributed by atoms with van der Waals surface area (Å²) in [7, 11) is 3.35. The summed E-state index contributed by atoms with van der Waals surface area (Å²) in [5.74, 6) is 0.454. The van der Waals surface area contributed by atoms with Gasteiger partial charge in [-0.25, -0.2) is 0 Å². The number of nitrogens with one attached hydrogen (secondary N) is 1. The fourth-order valence-corrected chi connectivity index (χ4v) is 4.62. The molecule has 2 amide bonds. The van der Waals surface area contributed by atoms with E-state index in [0.717, 1.165) is 27.5 Å². The molecule has 0 saturated heterocycles. The third-order valence-corrected chi connectivity index (χ3v) is 6.43. The van der Waals surface area contributed by atoms with Crippen molar-refractivity contribution in [2.45, 2.75) is 17.9 Å². The summed E-state index contributed by atoms with van der Waals surface area (Å²) < 4.78 is 5.27. The van der Waals surface area contributed by atoms with Gasteiger partial charge in [-0.3, -0.25) is 9.59 Å². The summed E-state index contributed by atoms with van der Waals surface area (Å²) in [6.45, 7) is 1.95. The molecule has 1 N–H and O–H groups in total. The average Bonchev–Trinajstić information content (AvgIpc) is 2.82. The fourth-order valence-electron chi connectivity index (χ4n) is 3.52. The van der Waals surface area contributed by atoms with E-state index >= 15 is 0 Å². The van der Waals surface area contributed by atoms with Gasteiger partial charge in [0.1, 0.15) is 5.75 Å². The molecule has 0 spiro atoms. The summed E-state index contributed by atoms with van der Waals surface area (Å²) in [5, 5.41) is 3.03. The molecule has 5 nitrogen and oxygen atoms in total. The second-order valence-electron chi connectivity index (χ2n) is 7.54. The monoisotopic (exact) mass is 444 g/mol. The maximum Gasteiger partial charge on any atom is 0.264 e. The number of anilines is 1. The lowest BCUT2D eigenvalue weighted by molar-refractivity contribution is -0.114. The number of fused-ring (bicyclic) bond motifs is 1. The number of methoxy groups -OCH3 is 1. The largest absolute Gasteiger partial charge is 0.497 e. The van der Waals surface area contributed by atoms with Crippen LogP contribution in [0.15, 0.2) is 82.6 Å². The molecule has 0 unspecified atom stereocenters. The quantitative estimate of drug-likeness (QED) is 0.543. The molecule has 0 aliphatic carbocycles. The average molecular weight is 445 g/mol. The lowest BCUT2D eigenvalue weighted by atomic mass is 10.1. The molecular weight excluding hydrogens is 420 g/mol. The maximum absolute atomic E-state index is 13.0. The zero-order valence-corrected chi connectivity index (χ0v) is 19.0. The molecule has 0 aromatic heterocycles. The van der Waals surface area contributed by atoms with Crippen molar-refractivity contribution in [2.24, 2.45) is 0 Å². The summed E-state index contributed by atoms with van der Waals surface area (Å²) >= 11 is 1.41. The number of hydrogen-bond acceptors (Lipinski definition) is 4. The Morgan fingerprint density at radius 1 is 1.06 bits per heavy atom. The molecule has 0 fully saturated rings. The van der Waals surface area contributed by atoms with Gasteiger partial charge in [-0.15, -0.1) is 0 Å². The van der Waals surface area contributed by atoms with Crippen molar-refractivity contribution >= 4 is 35.3 Å². The highest BCUT2D eigenvalue weighted by molar-refractivity contribution is 8.04. The Balaban J connectivity index is 1.56. The number of likely N-dealkylation sites (N-methyl/N-ethyl adjacent to an activating group) is 1. The Bertz CT molecular complexity index is 1190. The fraction of sp³-hybridized carbons (Fsp3) is 0.154. The number of carbonyl (C=O) groups is 2. The Morgan fingerprint density at radius 2 is 1.84 bits per heavy atom. The first-order valence-electron chi connectivity index (χ1n) is 10.3. The molecule has 3 aromatic rings. The Hall–Kier alpha value is -3.51. The molecule has 3 aromatic carbocycles. The van der Waals surface area contributed by atoms with E-state index in [1.807, 2.05) is 73.7 Å². The van der Waals surface area contributed by atoms with Crippen molar-refractivity contribution in [1.82, 2.24) is 5.32 Å². The number of hydrogen-bond donors (Lipinski definition) is 1. The number of rotatable bonds is 5. The molecule has 162 valence electrons. The van der Waals surface area contributed by atoms with Gasteiger partial charge in [0.05, 0.1) is 23.7 Å². The van der Waals surface area contributed by atoms with Gasteiger partial charge >= 0.3 is 0 Å². The van der Waals surface area contributed by atoms with Crippen LogP contribution in [0.4, 0.5) is 5.69 Å². The van der Waals surface area contributed by atoms with Gasteiger partial charge in [-0.05, 0) is 54.5 Å². The van der Waals surface area contributed by atoms with Crippen LogP contribution in [0.3, 0.4) is 0 Å². The van der Waals surface area contributed by atoms with Crippen LogP contribution in [0.2, 0.25) is 0 Å². The Kier molecular flexibility index (Phi) is 6.32. The second-order valence-corrected chi connectivity index (χ2v) is 8.62. The normalized spacial score (nSPS) is 15.3. The van der Waals surface area contributed by atoms with Crippen molar-refractivity contribution in [1.29, 1.82) is 0 Å². The Labute approximate surface area is 192 Å². The van der Waals surface area contributed by atoms with Crippen LogP contribution >= 0.6 is 11.8 Å². The van der Waals surface area contributed by atoms with Gasteiger partial charge in [0.15, 0.2) is 0 Å². The Morgan fingerprint density at radius 3 is 2.59 bits per heavy atom. The lowest BCUT2D eigenvalue weighted by Gasteiger charge is -2.27.